The van der Waals surface area contributed by atoms with Gasteiger partial charge in [0.15, 0.2) is 11.6 Å². The normalized spacial score (nSPS) is 15.9. The molecule has 2 aliphatic rings. The Balaban J connectivity index is 0.997. The summed E-state index contributed by atoms with van der Waals surface area (Å²) in [6, 6.07) is 11.7. The van der Waals surface area contributed by atoms with Gasteiger partial charge < -0.3 is 14.4 Å². The molecule has 1 aliphatic carbocycles. The monoisotopic (exact) mass is 845 g/mol. The van der Waals surface area contributed by atoms with Crippen LogP contribution in [-0.2, 0) is 17.8 Å². The topological polar surface area (TPSA) is 126 Å². The fraction of sp³-hybridized carbons (Fsp3) is 0.333. The summed E-state index contributed by atoms with van der Waals surface area (Å²) in [5.41, 5.74) is 2.44. The maximum atomic E-state index is 14.1. The smallest absolute Gasteiger partial charge is 0.315 e. The summed E-state index contributed by atoms with van der Waals surface area (Å²) in [4.78, 5) is 44.6. The second-order valence-electron chi connectivity index (χ2n) is 14.8. The van der Waals surface area contributed by atoms with Gasteiger partial charge in [0.05, 0.1) is 40.3 Å². The number of alkyl halides is 2. The number of nitriles is 1. The third-order valence-corrected chi connectivity index (χ3v) is 12.3. The highest BCUT2D eigenvalue weighted by atomic mass is 35.5. The van der Waals surface area contributed by atoms with Crippen molar-refractivity contribution in [3.05, 3.63) is 104 Å². The van der Waals surface area contributed by atoms with Crippen molar-refractivity contribution in [2.45, 2.75) is 63.6 Å². The predicted octanol–water partition coefficient (Wildman–Crippen LogP) is 8.11. The number of fused-ring (bicyclic) bond motifs is 2. The number of piperidine rings is 1. The lowest BCUT2D eigenvalue weighted by Gasteiger charge is -2.46. The SMILES string of the molecule is Cc1nc2cnc(N(C)C3CCN(C4CC(F)(F)C4)CC3)c(C#N)c2c(=O)n1CCOc1ccc(Cl)cc1-c1ccnc2c(CC(=O)Oc3ccc(F)cc3F)csc12. The number of halogens is 5. The molecule has 0 amide bonds. The molecule has 304 valence electrons. The number of aromatic nitrogens is 4. The number of hydrogen-bond acceptors (Lipinski definition) is 11. The van der Waals surface area contributed by atoms with Gasteiger partial charge in [0.25, 0.3) is 11.5 Å². The summed E-state index contributed by atoms with van der Waals surface area (Å²) >= 11 is 7.81. The molecule has 0 N–H and O–H groups in total. The first-order valence-electron chi connectivity index (χ1n) is 18.9. The molecule has 0 bridgehead atoms. The summed E-state index contributed by atoms with van der Waals surface area (Å²) in [6.07, 6.45) is 4.07. The number of nitrogens with zero attached hydrogens (tertiary/aromatic N) is 7. The molecule has 11 nitrogen and oxygen atoms in total. The van der Waals surface area contributed by atoms with E-state index in [9.17, 15) is 32.4 Å². The van der Waals surface area contributed by atoms with Crippen molar-refractivity contribution < 1.29 is 31.8 Å². The Morgan fingerprint density at radius 1 is 1.08 bits per heavy atom. The van der Waals surface area contributed by atoms with E-state index in [1.165, 1.54) is 22.1 Å². The fourth-order valence-electron chi connectivity index (χ4n) is 7.92. The van der Waals surface area contributed by atoms with Gasteiger partial charge in [-0.2, -0.15) is 5.26 Å². The minimum absolute atomic E-state index is 0.00385. The van der Waals surface area contributed by atoms with Gasteiger partial charge in [-0.1, -0.05) is 11.6 Å². The second kappa shape index (κ2) is 16.2. The van der Waals surface area contributed by atoms with Crippen LogP contribution in [0, 0.1) is 29.9 Å². The van der Waals surface area contributed by atoms with Crippen LogP contribution in [0.15, 0.2) is 65.0 Å². The number of aryl methyl sites for hydroxylation is 1. The third-order valence-electron chi connectivity index (χ3n) is 11.0. The van der Waals surface area contributed by atoms with E-state index in [0.717, 1.165) is 22.4 Å². The van der Waals surface area contributed by atoms with Crippen LogP contribution < -0.4 is 19.9 Å². The standard InChI is InChI=1S/C42H36ClF4N7O4S/c1-23-51-33-21-50-40(52(2)27-8-11-53(12-9-27)28-18-42(46,47)19-28)31(20-48)37(33)41(56)54(23)13-14-57-34-5-3-25(43)16-30(34)29-7-10-49-38-24(22-59-39(29)38)15-36(55)58-35-6-4-26(44)17-32(35)45/h3-7,10,16-17,21-22,27-28H,8-9,11-15,18-19H2,1-2H3. The zero-order valence-corrected chi connectivity index (χ0v) is 33.4. The van der Waals surface area contributed by atoms with Crippen LogP contribution in [0.4, 0.5) is 23.4 Å². The van der Waals surface area contributed by atoms with E-state index in [0.29, 0.717) is 76.6 Å². The van der Waals surface area contributed by atoms with Crippen LogP contribution in [0.1, 0.15) is 42.6 Å². The van der Waals surface area contributed by atoms with Crippen molar-refractivity contribution in [1.82, 2.24) is 24.4 Å². The predicted molar refractivity (Wildman–Crippen MR) is 215 cm³/mol. The molecular weight excluding hydrogens is 810 g/mol. The van der Waals surface area contributed by atoms with E-state index in [1.54, 1.807) is 42.8 Å². The Kier molecular flexibility index (Phi) is 11.0. The molecular formula is C42H36ClF4N7O4S. The minimum atomic E-state index is -2.58. The second-order valence-corrected chi connectivity index (χ2v) is 16.1. The van der Waals surface area contributed by atoms with Gasteiger partial charge in [0.1, 0.15) is 41.4 Å². The average Bonchev–Trinajstić information content (AvgIpc) is 3.61. The molecule has 0 atom stereocenters. The van der Waals surface area contributed by atoms with Crippen LogP contribution in [-0.4, -0.2) is 75.1 Å². The van der Waals surface area contributed by atoms with Gasteiger partial charge in [0, 0.05) is 79.0 Å². The third kappa shape index (κ3) is 8.06. The summed E-state index contributed by atoms with van der Waals surface area (Å²) in [6.45, 7) is 3.16. The molecule has 5 heterocycles. The van der Waals surface area contributed by atoms with Gasteiger partial charge in [-0.05, 0) is 61.5 Å². The number of likely N-dealkylation sites (tertiary alicyclic amines) is 1. The Labute approximate surface area is 344 Å². The molecule has 17 heteroatoms. The summed E-state index contributed by atoms with van der Waals surface area (Å²) in [5.74, 6) is -4.25. The van der Waals surface area contributed by atoms with Crippen molar-refractivity contribution in [2.75, 3.05) is 31.6 Å². The highest BCUT2D eigenvalue weighted by Gasteiger charge is 2.48. The van der Waals surface area contributed by atoms with E-state index in [4.69, 9.17) is 21.1 Å². The molecule has 59 heavy (non-hydrogen) atoms. The average molecular weight is 846 g/mol. The van der Waals surface area contributed by atoms with E-state index in [-0.39, 0.29) is 61.2 Å². The lowest BCUT2D eigenvalue weighted by atomic mass is 9.85. The van der Waals surface area contributed by atoms with Crippen molar-refractivity contribution >= 4 is 55.8 Å². The number of ether oxygens (including phenoxy) is 2. The van der Waals surface area contributed by atoms with E-state index < -0.39 is 29.1 Å². The molecule has 0 spiro atoms. The fourth-order valence-corrected chi connectivity index (χ4v) is 9.15. The van der Waals surface area contributed by atoms with Crippen molar-refractivity contribution in [1.29, 1.82) is 5.26 Å². The van der Waals surface area contributed by atoms with Crippen molar-refractivity contribution in [3.8, 4) is 28.7 Å². The zero-order valence-electron chi connectivity index (χ0n) is 31.9. The molecule has 1 aliphatic heterocycles. The Hall–Kier alpha value is -5.63. The number of carbonyl (C=O) groups excluding carboxylic acids is 1. The summed E-state index contributed by atoms with van der Waals surface area (Å²) in [5, 5.41) is 12.7. The number of esters is 1. The lowest BCUT2D eigenvalue weighted by molar-refractivity contribution is -0.133. The number of benzene rings is 2. The van der Waals surface area contributed by atoms with Crippen molar-refractivity contribution in [2.24, 2.45) is 0 Å². The van der Waals surface area contributed by atoms with Crippen LogP contribution in [0.5, 0.6) is 11.5 Å². The molecule has 2 fully saturated rings. The number of anilines is 1. The highest BCUT2D eigenvalue weighted by molar-refractivity contribution is 7.18. The first-order chi connectivity index (χ1) is 28.3. The highest BCUT2D eigenvalue weighted by Crippen LogP contribution is 2.42. The summed E-state index contributed by atoms with van der Waals surface area (Å²) in [7, 11) is 1.84. The largest absolute Gasteiger partial charge is 0.491 e. The molecule has 1 saturated heterocycles. The molecule has 6 aromatic rings. The van der Waals surface area contributed by atoms with Gasteiger partial charge in [-0.15, -0.1) is 11.3 Å². The van der Waals surface area contributed by atoms with Crippen LogP contribution in [0.2, 0.25) is 5.02 Å². The Morgan fingerprint density at radius 2 is 1.85 bits per heavy atom. The van der Waals surface area contributed by atoms with E-state index in [1.807, 2.05) is 11.9 Å². The van der Waals surface area contributed by atoms with Crippen molar-refractivity contribution in [3.63, 3.8) is 0 Å². The quantitative estimate of drug-likeness (QED) is 0.0718. The number of thiophene rings is 1. The number of carbonyl (C=O) groups is 1. The molecule has 4 aromatic heterocycles. The van der Waals surface area contributed by atoms with Gasteiger partial charge in [-0.25, -0.2) is 27.5 Å². The van der Waals surface area contributed by atoms with E-state index >= 15 is 0 Å². The van der Waals surface area contributed by atoms with Crippen LogP contribution >= 0.6 is 22.9 Å². The van der Waals surface area contributed by atoms with Crippen LogP contribution in [0.25, 0.3) is 32.2 Å². The first kappa shape index (κ1) is 40.2. The zero-order chi connectivity index (χ0) is 41.6. The first-order valence-corrected chi connectivity index (χ1v) is 20.1. The molecule has 0 unspecified atom stereocenters. The lowest BCUT2D eigenvalue weighted by Crippen LogP contribution is -2.55. The number of rotatable bonds is 11. The molecule has 8 rings (SSSR count). The Morgan fingerprint density at radius 3 is 2.58 bits per heavy atom. The number of pyridine rings is 2. The van der Waals surface area contributed by atoms with Gasteiger partial charge in [0.2, 0.25) is 0 Å². The maximum Gasteiger partial charge on any atom is 0.315 e. The Bertz CT molecular complexity index is 2710. The molecule has 1 saturated carbocycles. The minimum Gasteiger partial charge on any atom is -0.491 e. The summed E-state index contributed by atoms with van der Waals surface area (Å²) < 4.78 is 68.1. The van der Waals surface area contributed by atoms with E-state index in [2.05, 4.69) is 25.9 Å². The van der Waals surface area contributed by atoms with Gasteiger partial charge >= 0.3 is 5.97 Å². The number of hydrogen-bond donors (Lipinski definition) is 0. The molecule has 2 aromatic carbocycles. The van der Waals surface area contributed by atoms with Crippen LogP contribution in [0.3, 0.4) is 0 Å². The van der Waals surface area contributed by atoms with Gasteiger partial charge in [-0.3, -0.25) is 24.0 Å². The maximum absolute atomic E-state index is 14.1. The molecule has 0 radical (unpaired) electrons.